The summed E-state index contributed by atoms with van der Waals surface area (Å²) >= 11 is 0. The fourth-order valence-electron chi connectivity index (χ4n) is 4.63. The van der Waals surface area contributed by atoms with Crippen LogP contribution in [0.1, 0.15) is 28.8 Å². The van der Waals surface area contributed by atoms with Gasteiger partial charge in [0.05, 0.1) is 0 Å². The van der Waals surface area contributed by atoms with E-state index in [9.17, 15) is 14.4 Å². The van der Waals surface area contributed by atoms with Gasteiger partial charge in [0.2, 0.25) is 11.8 Å². The number of nitrogens with zero attached hydrogens (tertiary/aromatic N) is 3. The van der Waals surface area contributed by atoms with Gasteiger partial charge in [-0.3, -0.25) is 24.6 Å². The highest BCUT2D eigenvalue weighted by Gasteiger charge is 2.39. The van der Waals surface area contributed by atoms with Crippen LogP contribution in [0.5, 0.6) is 0 Å². The lowest BCUT2D eigenvalue weighted by atomic mass is 10.0. The molecule has 2 N–H and O–H groups in total. The van der Waals surface area contributed by atoms with Gasteiger partial charge in [0.1, 0.15) is 6.04 Å². The number of carbonyl (C=O) groups is 3. The second-order valence-corrected chi connectivity index (χ2v) is 8.08. The highest BCUT2D eigenvalue weighted by Crippen LogP contribution is 2.31. The van der Waals surface area contributed by atoms with Crippen LogP contribution in [0.25, 0.3) is 0 Å². The number of hydrogen-bond donors (Lipinski definition) is 2. The Labute approximate surface area is 163 Å². The standard InChI is InChI=1S/C20H25N5O3/c26-18-4-3-17(19(27)22-18)25-12-13-9-14(1-2-16(13)20(25)28)23-5-7-24(8-6-23)15-10-21-11-15/h1-2,9,15,17,21H,3-8,10-12H2,(H,22,26,27)/t17-/m0/s1. The van der Waals surface area contributed by atoms with Crippen LogP contribution < -0.4 is 15.5 Å². The monoisotopic (exact) mass is 383 g/mol. The van der Waals surface area contributed by atoms with Gasteiger partial charge in [0.15, 0.2) is 0 Å². The van der Waals surface area contributed by atoms with Crippen LogP contribution in [0.4, 0.5) is 5.69 Å². The summed E-state index contributed by atoms with van der Waals surface area (Å²) in [4.78, 5) is 42.9. The number of benzene rings is 1. The molecule has 0 bridgehead atoms. The third kappa shape index (κ3) is 2.97. The first kappa shape index (κ1) is 17.6. The Kier molecular flexibility index (Phi) is 4.32. The average Bonchev–Trinajstić information content (AvgIpc) is 2.97. The second kappa shape index (κ2) is 6.86. The van der Waals surface area contributed by atoms with E-state index in [1.165, 1.54) is 0 Å². The number of anilines is 1. The van der Waals surface area contributed by atoms with Gasteiger partial charge >= 0.3 is 0 Å². The Hall–Kier alpha value is -2.45. The van der Waals surface area contributed by atoms with E-state index < -0.39 is 6.04 Å². The quantitative estimate of drug-likeness (QED) is 0.688. The van der Waals surface area contributed by atoms with Gasteiger partial charge in [0.25, 0.3) is 5.91 Å². The molecule has 4 aliphatic rings. The van der Waals surface area contributed by atoms with Crippen LogP contribution in [-0.2, 0) is 16.1 Å². The maximum atomic E-state index is 12.8. The van der Waals surface area contributed by atoms with Crippen LogP contribution in [0.3, 0.4) is 0 Å². The van der Waals surface area contributed by atoms with E-state index in [0.717, 1.165) is 50.5 Å². The minimum atomic E-state index is -0.555. The van der Waals surface area contributed by atoms with Crippen molar-refractivity contribution in [3.63, 3.8) is 0 Å². The third-order valence-electron chi connectivity index (χ3n) is 6.46. The normalized spacial score (nSPS) is 26.3. The van der Waals surface area contributed by atoms with Gasteiger partial charge in [-0.15, -0.1) is 0 Å². The lowest BCUT2D eigenvalue weighted by Crippen LogP contribution is -2.61. The molecule has 3 amide bonds. The maximum Gasteiger partial charge on any atom is 0.255 e. The predicted molar refractivity (Wildman–Crippen MR) is 103 cm³/mol. The number of nitrogens with one attached hydrogen (secondary N) is 2. The molecule has 3 fully saturated rings. The Morgan fingerprint density at radius 1 is 1.00 bits per heavy atom. The first-order chi connectivity index (χ1) is 13.6. The molecule has 148 valence electrons. The Bertz CT molecular complexity index is 829. The molecular formula is C20H25N5O3. The zero-order valence-electron chi connectivity index (χ0n) is 15.8. The molecule has 4 heterocycles. The first-order valence-electron chi connectivity index (χ1n) is 10.1. The number of hydrogen-bond acceptors (Lipinski definition) is 6. The summed E-state index contributed by atoms with van der Waals surface area (Å²) in [7, 11) is 0. The molecule has 1 aromatic carbocycles. The van der Waals surface area contributed by atoms with E-state index in [1.54, 1.807) is 4.90 Å². The number of imide groups is 1. The third-order valence-corrected chi connectivity index (χ3v) is 6.46. The van der Waals surface area contributed by atoms with Crippen LogP contribution in [0, 0.1) is 0 Å². The largest absolute Gasteiger partial charge is 0.369 e. The van der Waals surface area contributed by atoms with Crippen molar-refractivity contribution in [1.29, 1.82) is 0 Å². The maximum absolute atomic E-state index is 12.8. The Morgan fingerprint density at radius 3 is 2.46 bits per heavy atom. The lowest BCUT2D eigenvalue weighted by molar-refractivity contribution is -0.136. The van der Waals surface area contributed by atoms with Gasteiger partial charge in [-0.25, -0.2) is 0 Å². The van der Waals surface area contributed by atoms with Gasteiger partial charge in [0, 0.05) is 69.5 Å². The number of carbonyl (C=O) groups excluding carboxylic acids is 3. The summed E-state index contributed by atoms with van der Waals surface area (Å²) in [5, 5.41) is 5.68. The van der Waals surface area contributed by atoms with Crippen molar-refractivity contribution in [3.8, 4) is 0 Å². The molecule has 8 heteroatoms. The van der Waals surface area contributed by atoms with E-state index in [4.69, 9.17) is 0 Å². The molecule has 28 heavy (non-hydrogen) atoms. The van der Waals surface area contributed by atoms with Crippen molar-refractivity contribution in [1.82, 2.24) is 20.4 Å². The first-order valence-corrected chi connectivity index (χ1v) is 10.1. The van der Waals surface area contributed by atoms with Crippen molar-refractivity contribution in [2.75, 3.05) is 44.2 Å². The number of piperidine rings is 1. The highest BCUT2D eigenvalue weighted by atomic mass is 16.2. The Balaban J connectivity index is 1.28. The number of fused-ring (bicyclic) bond motifs is 1. The molecule has 0 aliphatic carbocycles. The van der Waals surface area contributed by atoms with Crippen molar-refractivity contribution in [2.45, 2.75) is 31.5 Å². The average molecular weight is 383 g/mol. The molecule has 5 rings (SSSR count). The molecule has 0 radical (unpaired) electrons. The van der Waals surface area contributed by atoms with Crippen LogP contribution in [-0.4, -0.2) is 78.9 Å². The van der Waals surface area contributed by atoms with E-state index in [1.807, 2.05) is 12.1 Å². The van der Waals surface area contributed by atoms with Gasteiger partial charge < -0.3 is 15.1 Å². The van der Waals surface area contributed by atoms with E-state index in [-0.39, 0.29) is 24.1 Å². The molecule has 1 atom stereocenters. The molecule has 0 saturated carbocycles. The molecule has 8 nitrogen and oxygen atoms in total. The fraction of sp³-hybridized carbons (Fsp3) is 0.550. The van der Waals surface area contributed by atoms with Crippen molar-refractivity contribution in [2.24, 2.45) is 0 Å². The topological polar surface area (TPSA) is 85.0 Å². The smallest absolute Gasteiger partial charge is 0.255 e. The minimum absolute atomic E-state index is 0.113. The summed E-state index contributed by atoms with van der Waals surface area (Å²) in [5.41, 5.74) is 2.79. The number of rotatable bonds is 3. The highest BCUT2D eigenvalue weighted by molar-refractivity contribution is 6.05. The van der Waals surface area contributed by atoms with E-state index >= 15 is 0 Å². The zero-order chi connectivity index (χ0) is 19.3. The van der Waals surface area contributed by atoms with Gasteiger partial charge in [-0.2, -0.15) is 0 Å². The molecule has 0 spiro atoms. The molecule has 0 unspecified atom stereocenters. The minimum Gasteiger partial charge on any atom is -0.369 e. The fourth-order valence-corrected chi connectivity index (χ4v) is 4.63. The summed E-state index contributed by atoms with van der Waals surface area (Å²) < 4.78 is 0. The second-order valence-electron chi connectivity index (χ2n) is 8.08. The van der Waals surface area contributed by atoms with Crippen molar-refractivity contribution in [3.05, 3.63) is 29.3 Å². The summed E-state index contributed by atoms with van der Waals surface area (Å²) in [6.07, 6.45) is 0.678. The van der Waals surface area contributed by atoms with E-state index in [2.05, 4.69) is 26.5 Å². The summed E-state index contributed by atoms with van der Waals surface area (Å²) in [6.45, 7) is 6.71. The van der Waals surface area contributed by atoms with Crippen molar-refractivity contribution < 1.29 is 14.4 Å². The van der Waals surface area contributed by atoms with Crippen LogP contribution >= 0.6 is 0 Å². The van der Waals surface area contributed by atoms with Gasteiger partial charge in [-0.1, -0.05) is 0 Å². The zero-order valence-corrected chi connectivity index (χ0v) is 15.8. The SMILES string of the molecule is O=C1CC[C@H](N2Cc3cc(N4CCN(C5CNC5)CC4)ccc3C2=O)C(=O)N1. The number of amides is 3. The van der Waals surface area contributed by atoms with E-state index in [0.29, 0.717) is 24.6 Å². The Morgan fingerprint density at radius 2 is 1.79 bits per heavy atom. The van der Waals surface area contributed by atoms with Crippen LogP contribution in [0.2, 0.25) is 0 Å². The molecule has 3 saturated heterocycles. The molecule has 0 aromatic heterocycles. The van der Waals surface area contributed by atoms with Crippen molar-refractivity contribution >= 4 is 23.4 Å². The van der Waals surface area contributed by atoms with Crippen LogP contribution in [0.15, 0.2) is 18.2 Å². The predicted octanol–water partition coefficient (Wildman–Crippen LogP) is -0.459. The summed E-state index contributed by atoms with van der Waals surface area (Å²) in [6, 6.07) is 6.13. The van der Waals surface area contributed by atoms with Gasteiger partial charge in [-0.05, 0) is 30.2 Å². The molecule has 4 aliphatic heterocycles. The molecule has 1 aromatic rings. The molecular weight excluding hydrogens is 358 g/mol. The lowest BCUT2D eigenvalue weighted by Gasteiger charge is -2.44. The number of piperazine rings is 1. The summed E-state index contributed by atoms with van der Waals surface area (Å²) in [5.74, 6) is -0.734.